The topological polar surface area (TPSA) is 67.9 Å². The van der Waals surface area contributed by atoms with Crippen LogP contribution >= 0.6 is 0 Å². The van der Waals surface area contributed by atoms with E-state index in [1.54, 1.807) is 11.8 Å². The fourth-order valence-corrected chi connectivity index (χ4v) is 1.89. The molecule has 0 bridgehead atoms. The summed E-state index contributed by atoms with van der Waals surface area (Å²) in [6.45, 7) is 11.4. The van der Waals surface area contributed by atoms with Gasteiger partial charge in [-0.05, 0) is 34.6 Å². The average Bonchev–Trinajstić information content (AvgIpc) is 2.24. The van der Waals surface area contributed by atoms with Gasteiger partial charge in [0.15, 0.2) is 0 Å². The first-order valence-electron chi connectivity index (χ1n) is 7.10. The summed E-state index contributed by atoms with van der Waals surface area (Å²) >= 11 is 0. The molecular weight excluding hydrogens is 260 g/mol. The smallest absolute Gasteiger partial charge is 0.410 e. The molecule has 0 aromatic rings. The van der Waals surface area contributed by atoms with E-state index in [2.05, 4.69) is 5.32 Å². The van der Waals surface area contributed by atoms with Crippen LogP contribution in [0.4, 0.5) is 4.79 Å². The Morgan fingerprint density at radius 3 is 2.45 bits per heavy atom. The van der Waals surface area contributed by atoms with Crippen molar-refractivity contribution in [3.05, 3.63) is 0 Å². The molecule has 6 heteroatoms. The zero-order valence-corrected chi connectivity index (χ0v) is 13.1. The van der Waals surface area contributed by atoms with E-state index in [4.69, 9.17) is 9.47 Å². The van der Waals surface area contributed by atoms with Crippen LogP contribution in [0.5, 0.6) is 0 Å². The van der Waals surface area contributed by atoms with E-state index in [1.807, 2.05) is 27.7 Å². The molecule has 0 saturated carbocycles. The van der Waals surface area contributed by atoms with E-state index in [-0.39, 0.29) is 12.0 Å². The Morgan fingerprint density at radius 2 is 1.95 bits per heavy atom. The second-order valence-electron chi connectivity index (χ2n) is 6.09. The van der Waals surface area contributed by atoms with Gasteiger partial charge in [0.25, 0.3) is 0 Å². The van der Waals surface area contributed by atoms with E-state index in [1.165, 1.54) is 0 Å². The number of hydrogen-bond acceptors (Lipinski definition) is 4. The Bertz CT molecular complexity index is 346. The van der Waals surface area contributed by atoms with Crippen LogP contribution in [0.25, 0.3) is 0 Å². The first-order valence-corrected chi connectivity index (χ1v) is 7.10. The summed E-state index contributed by atoms with van der Waals surface area (Å²) in [7, 11) is 0. The maximum Gasteiger partial charge on any atom is 0.410 e. The minimum Gasteiger partial charge on any atom is -0.444 e. The summed E-state index contributed by atoms with van der Waals surface area (Å²) in [6, 6.07) is 0. The van der Waals surface area contributed by atoms with Gasteiger partial charge in [-0.3, -0.25) is 4.79 Å². The Balaban J connectivity index is 2.19. The first kappa shape index (κ1) is 16.8. The third kappa shape index (κ3) is 5.36. The van der Waals surface area contributed by atoms with Crippen molar-refractivity contribution in [1.82, 2.24) is 10.2 Å². The van der Waals surface area contributed by atoms with Crippen molar-refractivity contribution in [2.45, 2.75) is 46.3 Å². The van der Waals surface area contributed by atoms with Crippen LogP contribution in [-0.4, -0.2) is 54.8 Å². The number of nitrogens with zero attached hydrogens (tertiary/aromatic N) is 1. The van der Waals surface area contributed by atoms with Gasteiger partial charge >= 0.3 is 6.09 Å². The fraction of sp³-hybridized carbons (Fsp3) is 0.857. The van der Waals surface area contributed by atoms with Gasteiger partial charge in [0.1, 0.15) is 11.7 Å². The summed E-state index contributed by atoms with van der Waals surface area (Å²) in [5.74, 6) is 0.183. The van der Waals surface area contributed by atoms with E-state index >= 15 is 0 Å². The largest absolute Gasteiger partial charge is 0.444 e. The maximum absolute atomic E-state index is 11.7. The predicted octanol–water partition coefficient (Wildman–Crippen LogP) is 1.39. The molecule has 0 aliphatic carbocycles. The van der Waals surface area contributed by atoms with Gasteiger partial charge in [0, 0.05) is 32.2 Å². The molecule has 20 heavy (non-hydrogen) atoms. The summed E-state index contributed by atoms with van der Waals surface area (Å²) in [6.07, 6.45) is -0.718. The van der Waals surface area contributed by atoms with Gasteiger partial charge in [0.05, 0.1) is 0 Å². The van der Waals surface area contributed by atoms with E-state index in [0.29, 0.717) is 32.2 Å². The third-order valence-electron chi connectivity index (χ3n) is 2.96. The Hall–Kier alpha value is -1.30. The molecule has 1 N–H and O–H groups in total. The summed E-state index contributed by atoms with van der Waals surface area (Å²) in [5.41, 5.74) is -0.469. The van der Waals surface area contributed by atoms with Crippen LogP contribution in [0.3, 0.4) is 0 Å². The molecular formula is C14H26N2O4. The lowest BCUT2D eigenvalue weighted by atomic mass is 10.0. The van der Waals surface area contributed by atoms with Crippen LogP contribution < -0.4 is 5.32 Å². The van der Waals surface area contributed by atoms with Crippen molar-refractivity contribution >= 4 is 12.0 Å². The number of likely N-dealkylation sites (tertiary alicyclic amines) is 1. The molecule has 0 aromatic heterocycles. The SMILES string of the molecule is CCO[C@H](C)C(=O)NCC1CN(C(=O)OC(C)(C)C)C1. The lowest BCUT2D eigenvalue weighted by Crippen LogP contribution is -2.55. The monoisotopic (exact) mass is 286 g/mol. The normalized spacial score (nSPS) is 17.4. The molecule has 0 radical (unpaired) electrons. The number of carbonyl (C=O) groups is 2. The second-order valence-corrected chi connectivity index (χ2v) is 6.09. The number of hydrogen-bond donors (Lipinski definition) is 1. The first-order chi connectivity index (χ1) is 9.23. The van der Waals surface area contributed by atoms with Crippen LogP contribution in [-0.2, 0) is 14.3 Å². The van der Waals surface area contributed by atoms with Crippen LogP contribution in [0.1, 0.15) is 34.6 Å². The number of rotatable bonds is 5. The predicted molar refractivity (Wildman–Crippen MR) is 75.4 cm³/mol. The highest BCUT2D eigenvalue weighted by Crippen LogP contribution is 2.18. The van der Waals surface area contributed by atoms with Crippen molar-refractivity contribution in [3.8, 4) is 0 Å². The van der Waals surface area contributed by atoms with E-state index in [9.17, 15) is 9.59 Å². The molecule has 1 fully saturated rings. The molecule has 1 atom stereocenters. The standard InChI is InChI=1S/C14H26N2O4/c1-6-19-10(2)12(17)15-7-11-8-16(9-11)13(18)20-14(3,4)5/h10-11H,6-9H2,1-5H3,(H,15,17)/t10-/m1/s1. The molecule has 6 nitrogen and oxygen atoms in total. The van der Waals surface area contributed by atoms with Crippen molar-refractivity contribution < 1.29 is 19.1 Å². The maximum atomic E-state index is 11.7. The molecule has 0 spiro atoms. The second kappa shape index (κ2) is 6.92. The van der Waals surface area contributed by atoms with Gasteiger partial charge in [-0.1, -0.05) is 0 Å². The highest BCUT2D eigenvalue weighted by Gasteiger charge is 2.33. The Morgan fingerprint density at radius 1 is 1.35 bits per heavy atom. The van der Waals surface area contributed by atoms with E-state index in [0.717, 1.165) is 0 Å². The van der Waals surface area contributed by atoms with Crippen LogP contribution in [0.15, 0.2) is 0 Å². The van der Waals surface area contributed by atoms with Gasteiger partial charge in [-0.15, -0.1) is 0 Å². The van der Waals surface area contributed by atoms with E-state index < -0.39 is 11.7 Å². The van der Waals surface area contributed by atoms with Crippen molar-refractivity contribution in [3.63, 3.8) is 0 Å². The lowest BCUT2D eigenvalue weighted by Gasteiger charge is -2.39. The molecule has 1 aliphatic rings. The molecule has 1 heterocycles. The molecule has 1 rings (SSSR count). The quantitative estimate of drug-likeness (QED) is 0.829. The summed E-state index contributed by atoms with van der Waals surface area (Å²) in [4.78, 5) is 25.0. The lowest BCUT2D eigenvalue weighted by molar-refractivity contribution is -0.131. The van der Waals surface area contributed by atoms with Crippen molar-refractivity contribution in [2.75, 3.05) is 26.2 Å². The number of amides is 2. The highest BCUT2D eigenvalue weighted by atomic mass is 16.6. The average molecular weight is 286 g/mol. The Kier molecular flexibility index (Phi) is 5.80. The number of carbonyl (C=O) groups excluding carboxylic acids is 2. The van der Waals surface area contributed by atoms with Crippen LogP contribution in [0.2, 0.25) is 0 Å². The van der Waals surface area contributed by atoms with Gasteiger partial charge < -0.3 is 19.7 Å². The third-order valence-corrected chi connectivity index (χ3v) is 2.96. The molecule has 116 valence electrons. The van der Waals surface area contributed by atoms with Crippen molar-refractivity contribution in [2.24, 2.45) is 5.92 Å². The van der Waals surface area contributed by atoms with Gasteiger partial charge in [-0.2, -0.15) is 0 Å². The molecule has 2 amide bonds. The minimum absolute atomic E-state index is 0.109. The zero-order valence-electron chi connectivity index (χ0n) is 13.1. The molecule has 0 aromatic carbocycles. The molecule has 1 saturated heterocycles. The van der Waals surface area contributed by atoms with Crippen molar-refractivity contribution in [1.29, 1.82) is 0 Å². The molecule has 1 aliphatic heterocycles. The minimum atomic E-state index is -0.469. The summed E-state index contributed by atoms with van der Waals surface area (Å²) < 4.78 is 10.5. The van der Waals surface area contributed by atoms with Gasteiger partial charge in [0.2, 0.25) is 5.91 Å². The molecule has 0 unspecified atom stereocenters. The van der Waals surface area contributed by atoms with Crippen LogP contribution in [0, 0.1) is 5.92 Å². The zero-order chi connectivity index (χ0) is 15.3. The number of nitrogens with one attached hydrogen (secondary N) is 1. The number of ether oxygens (including phenoxy) is 2. The Labute approximate surface area is 120 Å². The fourth-order valence-electron chi connectivity index (χ4n) is 1.89. The highest BCUT2D eigenvalue weighted by molar-refractivity contribution is 5.80. The van der Waals surface area contributed by atoms with Gasteiger partial charge in [-0.25, -0.2) is 4.79 Å². The summed E-state index contributed by atoms with van der Waals surface area (Å²) in [5, 5.41) is 2.83.